The van der Waals surface area contributed by atoms with Crippen LogP contribution in [0.1, 0.15) is 32.1 Å². The average Bonchev–Trinajstić information content (AvgIpc) is 2.27. The highest BCUT2D eigenvalue weighted by Gasteiger charge is 2.14. The van der Waals surface area contributed by atoms with E-state index in [0.717, 1.165) is 0 Å². The number of nitrogens with two attached hydrogens (primary N) is 2. The minimum atomic E-state index is 0.377. The van der Waals surface area contributed by atoms with Crippen LogP contribution in [-0.4, -0.2) is 35.8 Å². The van der Waals surface area contributed by atoms with Crippen molar-refractivity contribution in [2.24, 2.45) is 16.5 Å². The molecule has 5 N–H and O–H groups in total. The summed E-state index contributed by atoms with van der Waals surface area (Å²) < 4.78 is 4.78. The molecule has 0 saturated heterocycles. The molecule has 1 fully saturated rings. The van der Waals surface area contributed by atoms with E-state index >= 15 is 0 Å². The van der Waals surface area contributed by atoms with Gasteiger partial charge in [0.25, 0.3) is 5.96 Å². The predicted octanol–water partition coefficient (Wildman–Crippen LogP) is 0.458. The second kappa shape index (κ2) is 6.62. The van der Waals surface area contributed by atoms with Crippen LogP contribution in [0.4, 0.5) is 0 Å². The number of hydrogen-bond donors (Lipinski definition) is 3. The molecule has 0 aromatic carbocycles. The number of guanidine groups is 2. The summed E-state index contributed by atoms with van der Waals surface area (Å²) in [7, 11) is 3.67. The molecule has 6 heteroatoms. The molecule has 0 bridgehead atoms. The Labute approximate surface area is 102 Å². The maximum absolute atomic E-state index is 5.72. The van der Waals surface area contributed by atoms with Gasteiger partial charge in [-0.15, -0.1) is 0 Å². The van der Waals surface area contributed by atoms with Gasteiger partial charge in [-0.25, -0.2) is 0 Å². The molecular weight excluding hydrogens is 222 g/mol. The summed E-state index contributed by atoms with van der Waals surface area (Å²) in [5.74, 6) is 0.788. The molecule has 0 amide bonds. The van der Waals surface area contributed by atoms with E-state index in [4.69, 9.17) is 11.5 Å². The molecule has 0 radical (unpaired) electrons. The Morgan fingerprint density at radius 2 is 1.88 bits per heavy atom. The largest absolute Gasteiger partial charge is 0.387 e. The van der Waals surface area contributed by atoms with E-state index in [2.05, 4.69) is 9.71 Å². The van der Waals surface area contributed by atoms with Crippen molar-refractivity contribution in [1.82, 2.24) is 4.72 Å². The molecule has 0 atom stereocenters. The van der Waals surface area contributed by atoms with Crippen LogP contribution >= 0.6 is 11.9 Å². The third kappa shape index (κ3) is 4.74. The normalized spacial score (nSPS) is 18.2. The Morgan fingerprint density at radius 3 is 2.44 bits per heavy atom. The lowest BCUT2D eigenvalue weighted by Gasteiger charge is -2.20. The van der Waals surface area contributed by atoms with Crippen LogP contribution in [0.25, 0.3) is 0 Å². The minimum absolute atomic E-state index is 0.377. The van der Waals surface area contributed by atoms with E-state index in [9.17, 15) is 0 Å². The number of aliphatic imine (C=N–C) groups is 1. The van der Waals surface area contributed by atoms with E-state index in [0.29, 0.717) is 17.2 Å². The second-order valence-electron chi connectivity index (χ2n) is 4.23. The fraction of sp³-hybridized carbons (Fsp3) is 0.800. The van der Waals surface area contributed by atoms with Gasteiger partial charge in [0.15, 0.2) is 0 Å². The van der Waals surface area contributed by atoms with Crippen LogP contribution in [0.5, 0.6) is 0 Å². The predicted molar refractivity (Wildman–Crippen MR) is 70.5 cm³/mol. The highest BCUT2D eigenvalue weighted by Crippen LogP contribution is 2.25. The molecule has 0 spiro atoms. The molecule has 1 aliphatic carbocycles. The molecule has 5 nitrogen and oxygen atoms in total. The van der Waals surface area contributed by atoms with Gasteiger partial charge in [-0.2, -0.15) is 0 Å². The lowest BCUT2D eigenvalue weighted by molar-refractivity contribution is -0.466. The average molecular weight is 244 g/mol. The Bertz CT molecular complexity index is 277. The van der Waals surface area contributed by atoms with Gasteiger partial charge in [0, 0.05) is 5.25 Å². The molecule has 1 saturated carbocycles. The Hall–Kier alpha value is -0.910. The van der Waals surface area contributed by atoms with E-state index in [1.54, 1.807) is 16.5 Å². The van der Waals surface area contributed by atoms with Crippen LogP contribution in [0, 0.1) is 0 Å². The van der Waals surface area contributed by atoms with Crippen LogP contribution in [0.3, 0.4) is 0 Å². The van der Waals surface area contributed by atoms with Crippen molar-refractivity contribution >= 4 is 23.9 Å². The van der Waals surface area contributed by atoms with Crippen LogP contribution < -0.4 is 16.2 Å². The SMILES string of the molecule is C[N+](C)=C(N)/N=C(\N)NSC1CCCCC1. The summed E-state index contributed by atoms with van der Waals surface area (Å²) in [5.41, 5.74) is 11.4. The first-order valence-electron chi connectivity index (χ1n) is 5.65. The zero-order chi connectivity index (χ0) is 12.0. The second-order valence-corrected chi connectivity index (χ2v) is 5.34. The monoisotopic (exact) mass is 244 g/mol. The fourth-order valence-corrected chi connectivity index (χ4v) is 2.48. The molecular formula is C10H22N5S+. The number of nitrogens with one attached hydrogen (secondary N) is 1. The van der Waals surface area contributed by atoms with E-state index in [-0.39, 0.29) is 0 Å². The van der Waals surface area contributed by atoms with E-state index < -0.39 is 0 Å². The van der Waals surface area contributed by atoms with Gasteiger partial charge < -0.3 is 5.73 Å². The maximum atomic E-state index is 5.72. The first-order valence-corrected chi connectivity index (χ1v) is 6.53. The first kappa shape index (κ1) is 13.2. The van der Waals surface area contributed by atoms with E-state index in [1.807, 2.05) is 14.1 Å². The van der Waals surface area contributed by atoms with Crippen LogP contribution in [0.2, 0.25) is 0 Å². The number of nitrogens with zero attached hydrogens (tertiary/aromatic N) is 2. The number of hydrogen-bond acceptors (Lipinski definition) is 1. The third-order valence-corrected chi connectivity index (χ3v) is 3.71. The Kier molecular flexibility index (Phi) is 5.45. The van der Waals surface area contributed by atoms with Crippen molar-refractivity contribution in [3.05, 3.63) is 0 Å². The standard InChI is InChI=1S/C10H21N5S/c1-15(2)10(12)13-9(11)14-16-8-6-4-3-5-7-8/h8H,3-7H2,1-2H3,(H4,11,12,13,14)/p+1. The fourth-order valence-electron chi connectivity index (χ4n) is 1.57. The molecule has 16 heavy (non-hydrogen) atoms. The van der Waals surface area contributed by atoms with Crippen LogP contribution in [0.15, 0.2) is 4.99 Å². The van der Waals surface area contributed by atoms with Crippen molar-refractivity contribution in [2.75, 3.05) is 14.1 Å². The van der Waals surface area contributed by atoms with Crippen molar-refractivity contribution in [3.8, 4) is 0 Å². The van der Waals surface area contributed by atoms with Gasteiger partial charge in [0.1, 0.15) is 0 Å². The smallest absolute Gasteiger partial charge is 0.355 e. The topological polar surface area (TPSA) is 79.4 Å². The van der Waals surface area contributed by atoms with E-state index in [1.165, 1.54) is 32.1 Å². The molecule has 0 aromatic heterocycles. The molecule has 0 aromatic rings. The summed E-state index contributed by atoms with van der Waals surface area (Å²) in [6.45, 7) is 0. The Morgan fingerprint density at radius 1 is 1.25 bits per heavy atom. The van der Waals surface area contributed by atoms with Crippen molar-refractivity contribution < 1.29 is 4.58 Å². The molecule has 1 rings (SSSR count). The van der Waals surface area contributed by atoms with Gasteiger partial charge in [-0.1, -0.05) is 19.3 Å². The van der Waals surface area contributed by atoms with Crippen LogP contribution in [-0.2, 0) is 0 Å². The zero-order valence-electron chi connectivity index (χ0n) is 10.1. The molecule has 0 unspecified atom stereocenters. The summed E-state index contributed by atoms with van der Waals surface area (Å²) in [6.07, 6.45) is 6.53. The number of rotatable bonds is 2. The highest BCUT2D eigenvalue weighted by atomic mass is 32.2. The lowest BCUT2D eigenvalue weighted by Crippen LogP contribution is -2.33. The van der Waals surface area contributed by atoms with Crippen molar-refractivity contribution in [2.45, 2.75) is 37.4 Å². The van der Waals surface area contributed by atoms with Gasteiger partial charge >= 0.3 is 5.96 Å². The highest BCUT2D eigenvalue weighted by molar-refractivity contribution is 7.98. The zero-order valence-corrected chi connectivity index (χ0v) is 10.9. The minimum Gasteiger partial charge on any atom is -0.355 e. The van der Waals surface area contributed by atoms with Gasteiger partial charge in [-0.3, -0.25) is 15.0 Å². The molecule has 0 heterocycles. The van der Waals surface area contributed by atoms with Gasteiger partial charge in [0.05, 0.1) is 14.1 Å². The molecule has 0 aliphatic heterocycles. The van der Waals surface area contributed by atoms with Crippen molar-refractivity contribution in [3.63, 3.8) is 0 Å². The summed E-state index contributed by atoms with van der Waals surface area (Å²) in [4.78, 5) is 4.04. The maximum Gasteiger partial charge on any atom is 0.387 e. The summed E-state index contributed by atoms with van der Waals surface area (Å²) >= 11 is 1.67. The Balaban J connectivity index is 2.34. The van der Waals surface area contributed by atoms with Gasteiger partial charge in [-0.05, 0) is 29.8 Å². The summed E-state index contributed by atoms with van der Waals surface area (Å²) in [6, 6.07) is 0. The quantitative estimate of drug-likeness (QED) is 0.285. The van der Waals surface area contributed by atoms with Gasteiger partial charge in [0.2, 0.25) is 0 Å². The molecule has 1 aliphatic rings. The third-order valence-electron chi connectivity index (χ3n) is 2.58. The summed E-state index contributed by atoms with van der Waals surface area (Å²) in [5, 5.41) is 0.656. The molecule has 92 valence electrons. The van der Waals surface area contributed by atoms with Crippen molar-refractivity contribution in [1.29, 1.82) is 0 Å². The lowest BCUT2D eigenvalue weighted by atomic mass is 10.0. The first-order chi connectivity index (χ1) is 7.59.